The first-order valence-corrected chi connectivity index (χ1v) is 11.2. The van der Waals surface area contributed by atoms with E-state index in [2.05, 4.69) is 0 Å². The molecule has 2 unspecified atom stereocenters. The van der Waals surface area contributed by atoms with Crippen molar-refractivity contribution >= 4 is 13.2 Å². The maximum Gasteiger partial charge on any atom is 0.673 e. The maximum absolute atomic E-state index is 12.0. The van der Waals surface area contributed by atoms with E-state index in [1.54, 1.807) is 35.4 Å². The van der Waals surface area contributed by atoms with Gasteiger partial charge in [-0.25, -0.2) is 4.79 Å². The molecule has 0 fully saturated rings. The lowest BCUT2D eigenvalue weighted by Crippen LogP contribution is -2.59. The molecule has 0 spiro atoms. The predicted molar refractivity (Wildman–Crippen MR) is 128 cm³/mol. The molecular formula is C24H32BF4NO6. The van der Waals surface area contributed by atoms with E-state index < -0.39 is 19.3 Å². The van der Waals surface area contributed by atoms with Crippen LogP contribution in [-0.4, -0.2) is 70.9 Å². The third-order valence-electron chi connectivity index (χ3n) is 6.70. The third-order valence-corrected chi connectivity index (χ3v) is 6.70. The molecule has 36 heavy (non-hydrogen) atoms. The summed E-state index contributed by atoms with van der Waals surface area (Å²) in [7, 11) is 2.49. The van der Waals surface area contributed by atoms with E-state index in [-0.39, 0.29) is 6.04 Å². The Labute approximate surface area is 208 Å². The third kappa shape index (κ3) is 6.74. The second-order valence-corrected chi connectivity index (χ2v) is 8.64. The van der Waals surface area contributed by atoms with Crippen LogP contribution >= 0.6 is 0 Å². The molecule has 1 aliphatic rings. The number of halogens is 4. The molecule has 12 heteroatoms. The molecule has 0 bridgehead atoms. The molecule has 3 atom stereocenters. The molecule has 1 N–H and O–H groups in total. The lowest BCUT2D eigenvalue weighted by molar-refractivity contribution is -0.954. The predicted octanol–water partition coefficient (Wildman–Crippen LogP) is 4.78. The van der Waals surface area contributed by atoms with E-state index in [1.165, 1.54) is 0 Å². The van der Waals surface area contributed by atoms with Gasteiger partial charge in [0.15, 0.2) is 29.0 Å². The minimum atomic E-state index is -6.00. The summed E-state index contributed by atoms with van der Waals surface area (Å²) in [6, 6.07) is 9.24. The summed E-state index contributed by atoms with van der Waals surface area (Å²) in [6.45, 7) is 2.50. The first kappa shape index (κ1) is 29.1. The van der Waals surface area contributed by atoms with E-state index in [1.807, 2.05) is 37.4 Å². The van der Waals surface area contributed by atoms with Crippen LogP contribution in [0.4, 0.5) is 17.3 Å². The zero-order chi connectivity index (χ0) is 27.3. The van der Waals surface area contributed by atoms with Crippen LogP contribution in [-0.2, 0) is 17.6 Å². The SMILES string of the molecule is COc1ccc(C[C@@H]2c3cc(OC)c(OC)cc3CC[N+]2(C)C(C)C(=O)O)cc1OC.F[B-](F)(F)F. The summed E-state index contributed by atoms with van der Waals surface area (Å²) in [6.07, 6.45) is 1.42. The van der Waals surface area contributed by atoms with Crippen LogP contribution in [0.3, 0.4) is 0 Å². The van der Waals surface area contributed by atoms with Crippen LogP contribution in [0.5, 0.6) is 23.0 Å². The van der Waals surface area contributed by atoms with Gasteiger partial charge in [-0.1, -0.05) is 6.07 Å². The molecule has 0 amide bonds. The number of aliphatic carboxylic acids is 1. The quantitative estimate of drug-likeness (QED) is 0.309. The van der Waals surface area contributed by atoms with Crippen molar-refractivity contribution < 1.29 is 50.6 Å². The number of likely N-dealkylation sites (N-methyl/N-ethyl adjacent to an activating group) is 1. The average molecular weight is 517 g/mol. The number of carbonyl (C=O) groups is 1. The number of ether oxygens (including phenoxy) is 4. The van der Waals surface area contributed by atoms with Crippen molar-refractivity contribution in [1.82, 2.24) is 0 Å². The van der Waals surface area contributed by atoms with Crippen molar-refractivity contribution in [2.75, 3.05) is 42.0 Å². The number of benzene rings is 2. The topological polar surface area (TPSA) is 74.2 Å². The van der Waals surface area contributed by atoms with Crippen molar-refractivity contribution in [1.29, 1.82) is 0 Å². The number of nitrogens with zero attached hydrogens (tertiary/aromatic N) is 1. The minimum Gasteiger partial charge on any atom is -0.493 e. The second-order valence-electron chi connectivity index (χ2n) is 8.64. The van der Waals surface area contributed by atoms with Crippen LogP contribution in [0.15, 0.2) is 30.3 Å². The zero-order valence-electron chi connectivity index (χ0n) is 21.2. The normalized spacial score (nSPS) is 19.8. The maximum atomic E-state index is 12.0. The number of fused-ring (bicyclic) bond motifs is 1. The molecule has 0 radical (unpaired) electrons. The Balaban J connectivity index is 0.000000830. The molecular weight excluding hydrogens is 485 g/mol. The van der Waals surface area contributed by atoms with Crippen LogP contribution in [0.25, 0.3) is 0 Å². The number of hydrogen-bond acceptors (Lipinski definition) is 5. The van der Waals surface area contributed by atoms with Gasteiger partial charge in [-0.2, -0.15) is 0 Å². The Morgan fingerprint density at radius 2 is 1.47 bits per heavy atom. The number of methoxy groups -OCH3 is 4. The minimum absolute atomic E-state index is 0.0762. The van der Waals surface area contributed by atoms with Crippen LogP contribution < -0.4 is 18.9 Å². The van der Waals surface area contributed by atoms with Crippen molar-refractivity contribution in [3.63, 3.8) is 0 Å². The summed E-state index contributed by atoms with van der Waals surface area (Å²) in [5, 5.41) is 9.87. The summed E-state index contributed by atoms with van der Waals surface area (Å²) in [5.74, 6) is 1.86. The lowest BCUT2D eigenvalue weighted by Gasteiger charge is -2.48. The molecule has 0 aromatic heterocycles. The highest BCUT2D eigenvalue weighted by atomic mass is 19.5. The highest BCUT2D eigenvalue weighted by Gasteiger charge is 2.46. The van der Waals surface area contributed by atoms with E-state index in [9.17, 15) is 27.2 Å². The van der Waals surface area contributed by atoms with Gasteiger partial charge >= 0.3 is 13.2 Å². The van der Waals surface area contributed by atoms with Crippen molar-refractivity contribution in [2.24, 2.45) is 0 Å². The average Bonchev–Trinajstić information content (AvgIpc) is 2.83. The van der Waals surface area contributed by atoms with Crippen LogP contribution in [0, 0.1) is 0 Å². The first-order valence-electron chi connectivity index (χ1n) is 11.2. The molecule has 2 aromatic carbocycles. The Kier molecular flexibility index (Phi) is 9.47. The van der Waals surface area contributed by atoms with Gasteiger partial charge in [0.2, 0.25) is 0 Å². The first-order chi connectivity index (χ1) is 16.8. The smallest absolute Gasteiger partial charge is 0.493 e. The molecule has 0 saturated heterocycles. The molecule has 2 aromatic rings. The summed E-state index contributed by atoms with van der Waals surface area (Å²) >= 11 is 0. The highest BCUT2D eigenvalue weighted by Crippen LogP contribution is 2.44. The lowest BCUT2D eigenvalue weighted by atomic mass is 9.85. The van der Waals surface area contributed by atoms with Crippen LogP contribution in [0.2, 0.25) is 0 Å². The Morgan fingerprint density at radius 1 is 0.972 bits per heavy atom. The van der Waals surface area contributed by atoms with Gasteiger partial charge in [0, 0.05) is 18.4 Å². The molecule has 3 rings (SSSR count). The van der Waals surface area contributed by atoms with E-state index in [0.717, 1.165) is 23.1 Å². The van der Waals surface area contributed by atoms with Gasteiger partial charge in [-0.05, 0) is 42.3 Å². The van der Waals surface area contributed by atoms with Gasteiger partial charge in [0.05, 0.1) is 42.0 Å². The van der Waals surface area contributed by atoms with E-state index in [4.69, 9.17) is 18.9 Å². The number of hydrogen-bond donors (Lipinski definition) is 1. The van der Waals surface area contributed by atoms with E-state index in [0.29, 0.717) is 40.4 Å². The standard InChI is InChI=1S/C24H31NO6.BF4/c1-15(24(26)27)25(2)10-9-17-13-22(30-5)23(31-6)14-18(17)19(25)11-16-7-8-20(28-3)21(12-16)29-4;2-1(3,4)5/h7-8,12-15,19H,9-11H2,1-6H3;/q;-1/p+1/t15?,19-,25?;/m1./s1. The summed E-state index contributed by atoms with van der Waals surface area (Å²) < 4.78 is 61.3. The summed E-state index contributed by atoms with van der Waals surface area (Å²) in [4.78, 5) is 12.0. The van der Waals surface area contributed by atoms with Gasteiger partial charge in [-0.3, -0.25) is 0 Å². The van der Waals surface area contributed by atoms with Gasteiger partial charge in [-0.15, -0.1) is 0 Å². The van der Waals surface area contributed by atoms with Crippen molar-refractivity contribution in [3.05, 3.63) is 47.0 Å². The largest absolute Gasteiger partial charge is 0.673 e. The number of rotatable bonds is 8. The van der Waals surface area contributed by atoms with E-state index >= 15 is 0 Å². The van der Waals surface area contributed by atoms with Gasteiger partial charge < -0.3 is 45.8 Å². The zero-order valence-corrected chi connectivity index (χ0v) is 21.2. The molecule has 200 valence electrons. The van der Waals surface area contributed by atoms with Crippen molar-refractivity contribution in [2.45, 2.75) is 31.8 Å². The fourth-order valence-electron chi connectivity index (χ4n) is 4.56. The summed E-state index contributed by atoms with van der Waals surface area (Å²) in [5.41, 5.74) is 3.30. The van der Waals surface area contributed by atoms with Crippen LogP contribution in [0.1, 0.15) is 29.7 Å². The van der Waals surface area contributed by atoms with Gasteiger partial charge in [0.1, 0.15) is 6.04 Å². The molecule has 0 aliphatic carbocycles. The van der Waals surface area contributed by atoms with Gasteiger partial charge in [0.25, 0.3) is 0 Å². The highest BCUT2D eigenvalue weighted by molar-refractivity contribution is 6.50. The number of carboxylic acids is 1. The molecule has 1 heterocycles. The molecule has 7 nitrogen and oxygen atoms in total. The Bertz CT molecular complexity index is 1060. The monoisotopic (exact) mass is 517 g/mol. The Morgan fingerprint density at radius 3 is 1.97 bits per heavy atom. The number of carboxylic acid groups (broad SMARTS) is 1. The Hall–Kier alpha value is -3.15. The fraction of sp³-hybridized carbons (Fsp3) is 0.458. The fourth-order valence-corrected chi connectivity index (χ4v) is 4.56. The molecule has 0 saturated carbocycles. The second kappa shape index (κ2) is 11.7. The number of quaternary nitrogens is 1. The van der Waals surface area contributed by atoms with Crippen molar-refractivity contribution in [3.8, 4) is 23.0 Å². The molecule has 1 aliphatic heterocycles.